The van der Waals surface area contributed by atoms with Crippen LogP contribution in [-0.4, -0.2) is 17.6 Å². The van der Waals surface area contributed by atoms with Crippen molar-refractivity contribution in [3.8, 4) is 6.07 Å². The monoisotopic (exact) mass is 294 g/mol. The molecule has 1 aromatic rings. The molecule has 9 heteroatoms. The maximum Gasteiger partial charge on any atom is 0.418 e. The van der Waals surface area contributed by atoms with Crippen molar-refractivity contribution in [1.82, 2.24) is 4.98 Å². The highest BCUT2D eigenvalue weighted by molar-refractivity contribution is 5.91. The summed E-state index contributed by atoms with van der Waals surface area (Å²) >= 11 is 0. The lowest BCUT2D eigenvalue weighted by molar-refractivity contribution is -0.138. The van der Waals surface area contributed by atoms with Crippen molar-refractivity contribution in [2.45, 2.75) is 19.5 Å². The normalized spacial score (nSPS) is 11.3. The van der Waals surface area contributed by atoms with Crippen molar-refractivity contribution in [2.75, 3.05) is 6.61 Å². The number of ether oxygens (including phenoxy) is 1. The van der Waals surface area contributed by atoms with Gasteiger partial charge in [0.1, 0.15) is 11.8 Å². The van der Waals surface area contributed by atoms with Crippen LogP contribution < -0.4 is 0 Å². The van der Waals surface area contributed by atoms with Gasteiger partial charge in [0.05, 0.1) is 23.3 Å². The minimum absolute atomic E-state index is 0.214. The number of halogens is 5. The van der Waals surface area contributed by atoms with Crippen LogP contribution >= 0.6 is 0 Å². The van der Waals surface area contributed by atoms with Gasteiger partial charge in [0.25, 0.3) is 6.43 Å². The van der Waals surface area contributed by atoms with E-state index in [9.17, 15) is 26.7 Å². The first-order chi connectivity index (χ1) is 9.23. The van der Waals surface area contributed by atoms with Gasteiger partial charge in [-0.15, -0.1) is 0 Å². The Morgan fingerprint density at radius 1 is 1.50 bits per heavy atom. The molecule has 0 amide bonds. The summed E-state index contributed by atoms with van der Waals surface area (Å²) in [5, 5.41) is 8.67. The molecule has 0 aliphatic carbocycles. The lowest BCUT2D eigenvalue weighted by atomic mass is 10.0. The van der Waals surface area contributed by atoms with E-state index in [1.54, 1.807) is 0 Å². The second kappa shape index (κ2) is 5.81. The number of nitrogens with zero attached hydrogens (tertiary/aromatic N) is 2. The fourth-order valence-electron chi connectivity index (χ4n) is 1.46. The summed E-state index contributed by atoms with van der Waals surface area (Å²) in [6.07, 6.45) is -8.20. The minimum atomic E-state index is -5.17. The van der Waals surface area contributed by atoms with Gasteiger partial charge in [-0.2, -0.15) is 18.4 Å². The number of carbonyl (C=O) groups is 1. The van der Waals surface area contributed by atoms with Crippen LogP contribution in [0, 0.1) is 11.3 Å². The molecular weight excluding hydrogens is 287 g/mol. The molecule has 0 aromatic carbocycles. The smallest absolute Gasteiger partial charge is 0.418 e. The zero-order valence-electron chi connectivity index (χ0n) is 9.96. The summed E-state index contributed by atoms with van der Waals surface area (Å²) in [5.41, 5.74) is -5.53. The van der Waals surface area contributed by atoms with Gasteiger partial charge < -0.3 is 4.74 Å². The molecule has 1 aromatic heterocycles. The Kier molecular flexibility index (Phi) is 4.60. The maximum absolute atomic E-state index is 12.9. The molecule has 0 unspecified atom stereocenters. The van der Waals surface area contributed by atoms with Gasteiger partial charge in [-0.25, -0.2) is 13.6 Å². The van der Waals surface area contributed by atoms with Crippen LogP contribution in [0.1, 0.15) is 40.5 Å². The number of rotatable bonds is 3. The predicted octanol–water partition coefficient (Wildman–Crippen LogP) is 3.09. The van der Waals surface area contributed by atoms with E-state index in [4.69, 9.17) is 5.26 Å². The molecule has 0 aliphatic rings. The van der Waals surface area contributed by atoms with Crippen LogP contribution in [0.2, 0.25) is 0 Å². The van der Waals surface area contributed by atoms with E-state index in [2.05, 4.69) is 9.72 Å². The first-order valence-corrected chi connectivity index (χ1v) is 5.19. The van der Waals surface area contributed by atoms with E-state index in [0.717, 1.165) is 6.07 Å². The van der Waals surface area contributed by atoms with Crippen LogP contribution in [0.5, 0.6) is 0 Å². The highest BCUT2D eigenvalue weighted by Crippen LogP contribution is 2.37. The number of hydrogen-bond acceptors (Lipinski definition) is 4. The van der Waals surface area contributed by atoms with Crippen molar-refractivity contribution in [3.63, 3.8) is 0 Å². The van der Waals surface area contributed by atoms with Gasteiger partial charge in [0.2, 0.25) is 0 Å². The third-order valence-corrected chi connectivity index (χ3v) is 2.21. The molecule has 0 bridgehead atoms. The Labute approximate surface area is 109 Å². The lowest BCUT2D eigenvalue weighted by Crippen LogP contribution is -2.19. The summed E-state index contributed by atoms with van der Waals surface area (Å²) in [4.78, 5) is 14.5. The predicted molar refractivity (Wildman–Crippen MR) is 54.9 cm³/mol. The van der Waals surface area contributed by atoms with E-state index >= 15 is 0 Å². The van der Waals surface area contributed by atoms with Crippen molar-refractivity contribution in [2.24, 2.45) is 0 Å². The van der Waals surface area contributed by atoms with Crippen molar-refractivity contribution in [3.05, 3.63) is 28.6 Å². The van der Waals surface area contributed by atoms with Gasteiger partial charge >= 0.3 is 12.1 Å². The van der Waals surface area contributed by atoms with Crippen LogP contribution in [0.3, 0.4) is 0 Å². The van der Waals surface area contributed by atoms with Gasteiger partial charge in [-0.1, -0.05) is 0 Å². The fourth-order valence-corrected chi connectivity index (χ4v) is 1.46. The largest absolute Gasteiger partial charge is 0.462 e. The maximum atomic E-state index is 12.9. The second-order valence-electron chi connectivity index (χ2n) is 3.44. The molecule has 0 fully saturated rings. The van der Waals surface area contributed by atoms with Crippen molar-refractivity contribution >= 4 is 5.97 Å². The summed E-state index contributed by atoms with van der Waals surface area (Å²) < 4.78 is 68.2. The lowest BCUT2D eigenvalue weighted by Gasteiger charge is -2.15. The van der Waals surface area contributed by atoms with Crippen LogP contribution in [0.25, 0.3) is 0 Å². The molecule has 0 N–H and O–H groups in total. The second-order valence-corrected chi connectivity index (χ2v) is 3.44. The Bertz CT molecular complexity index is 563. The molecule has 20 heavy (non-hydrogen) atoms. The van der Waals surface area contributed by atoms with E-state index < -0.39 is 41.0 Å². The number of alkyl halides is 5. The van der Waals surface area contributed by atoms with Crippen molar-refractivity contribution in [1.29, 1.82) is 5.26 Å². The highest BCUT2D eigenvalue weighted by Gasteiger charge is 2.41. The van der Waals surface area contributed by atoms with Crippen LogP contribution in [-0.2, 0) is 10.9 Å². The molecule has 0 aliphatic heterocycles. The summed E-state index contributed by atoms with van der Waals surface area (Å²) in [6.45, 7) is 1.14. The van der Waals surface area contributed by atoms with Gasteiger partial charge in [0, 0.05) is 6.20 Å². The fraction of sp³-hybridized carbons (Fsp3) is 0.364. The van der Waals surface area contributed by atoms with Gasteiger partial charge in [-0.05, 0) is 6.92 Å². The molecule has 1 heterocycles. The first kappa shape index (κ1) is 15.8. The number of carbonyl (C=O) groups excluding carboxylic acids is 1. The summed E-state index contributed by atoms with van der Waals surface area (Å²) in [7, 11) is 0. The highest BCUT2D eigenvalue weighted by atomic mass is 19.4. The van der Waals surface area contributed by atoms with Gasteiger partial charge in [0.15, 0.2) is 0 Å². The van der Waals surface area contributed by atoms with E-state index in [1.807, 2.05) is 0 Å². The average molecular weight is 294 g/mol. The molecule has 4 nitrogen and oxygen atoms in total. The van der Waals surface area contributed by atoms with Crippen molar-refractivity contribution < 1.29 is 31.5 Å². The molecular formula is C11H7F5N2O2. The Hall–Kier alpha value is -2.24. The zero-order valence-corrected chi connectivity index (χ0v) is 9.96. The molecule has 108 valence electrons. The molecule has 0 atom stereocenters. The Balaban J connectivity index is 3.64. The topological polar surface area (TPSA) is 63.0 Å². The van der Waals surface area contributed by atoms with Crippen LogP contribution in [0.15, 0.2) is 6.20 Å². The number of esters is 1. The average Bonchev–Trinajstić information content (AvgIpc) is 2.35. The number of nitriles is 1. The molecule has 0 saturated carbocycles. The summed E-state index contributed by atoms with van der Waals surface area (Å²) in [6, 6.07) is 1.02. The van der Waals surface area contributed by atoms with Gasteiger partial charge in [-0.3, -0.25) is 4.98 Å². The van der Waals surface area contributed by atoms with Crippen LogP contribution in [0.4, 0.5) is 22.0 Å². The number of pyridine rings is 1. The van der Waals surface area contributed by atoms with E-state index in [-0.39, 0.29) is 6.61 Å². The minimum Gasteiger partial charge on any atom is -0.462 e. The Morgan fingerprint density at radius 2 is 2.10 bits per heavy atom. The molecule has 0 saturated heterocycles. The van der Waals surface area contributed by atoms with E-state index in [1.165, 1.54) is 6.92 Å². The SMILES string of the molecule is CCOC(=O)c1cnc(C(F)F)c(C#N)c1C(F)(F)F. The Morgan fingerprint density at radius 3 is 2.50 bits per heavy atom. The first-order valence-electron chi connectivity index (χ1n) is 5.19. The third kappa shape index (κ3) is 3.01. The summed E-state index contributed by atoms with van der Waals surface area (Å²) in [5.74, 6) is -1.38. The zero-order chi connectivity index (χ0) is 15.5. The molecule has 1 rings (SSSR count). The third-order valence-electron chi connectivity index (χ3n) is 2.21. The number of aromatic nitrogens is 1. The van der Waals surface area contributed by atoms with E-state index in [0.29, 0.717) is 6.20 Å². The standard InChI is InChI=1S/C11H7F5N2O2/c1-2-20-10(19)6-4-18-8(9(12)13)5(3-17)7(6)11(14,15)16/h4,9H,2H2,1H3. The number of hydrogen-bond donors (Lipinski definition) is 0. The quantitative estimate of drug-likeness (QED) is 0.635. The molecule has 0 radical (unpaired) electrons. The molecule has 0 spiro atoms.